The van der Waals surface area contributed by atoms with Gasteiger partial charge < -0.3 is 30.2 Å². The van der Waals surface area contributed by atoms with Crippen LogP contribution in [0.1, 0.15) is 29.5 Å². The van der Waals surface area contributed by atoms with E-state index in [0.29, 0.717) is 45.5 Å². The predicted octanol–water partition coefficient (Wildman–Crippen LogP) is 4.27. The number of fused-ring (bicyclic) bond motifs is 1. The zero-order valence-corrected chi connectivity index (χ0v) is 19.3. The highest BCUT2D eigenvalue weighted by molar-refractivity contribution is 7.71. The van der Waals surface area contributed by atoms with Crippen molar-refractivity contribution in [2.24, 2.45) is 0 Å². The van der Waals surface area contributed by atoms with Crippen molar-refractivity contribution < 1.29 is 19.0 Å². The Morgan fingerprint density at radius 1 is 1.12 bits per heavy atom. The Hall–Kier alpha value is -3.85. The van der Waals surface area contributed by atoms with Crippen LogP contribution in [0.15, 0.2) is 54.1 Å². The number of esters is 1. The molecule has 1 aliphatic heterocycles. The lowest BCUT2D eigenvalue weighted by atomic mass is 9.80. The molecule has 0 bridgehead atoms. The van der Waals surface area contributed by atoms with E-state index in [1.54, 1.807) is 27.2 Å². The number of H-pyrrole nitrogens is 1. The Bertz CT molecular complexity index is 1290. The second-order valence-electron chi connectivity index (χ2n) is 7.23. The summed E-state index contributed by atoms with van der Waals surface area (Å²) in [6.07, 6.45) is 0. The van der Waals surface area contributed by atoms with Gasteiger partial charge >= 0.3 is 5.97 Å². The predicted molar refractivity (Wildman–Crippen MR) is 129 cm³/mol. The molecule has 9 heteroatoms. The summed E-state index contributed by atoms with van der Waals surface area (Å²) in [5.74, 6) is 0.606. The maximum absolute atomic E-state index is 13.4. The monoisotopic (exact) mass is 464 g/mol. The van der Waals surface area contributed by atoms with Gasteiger partial charge in [0.2, 0.25) is 0 Å². The third kappa shape index (κ3) is 4.03. The molecule has 2 aromatic carbocycles. The average Bonchev–Trinajstić information content (AvgIpc) is 2.82. The fourth-order valence-corrected chi connectivity index (χ4v) is 4.27. The molecular weight excluding hydrogens is 440 g/mol. The lowest BCUT2D eigenvalue weighted by Gasteiger charge is -2.32. The van der Waals surface area contributed by atoms with Gasteiger partial charge in [0.1, 0.15) is 11.6 Å². The molecule has 1 aliphatic rings. The fraction of sp³-hybridized carbons (Fsp3) is 0.208. The number of ether oxygens (including phenoxy) is 3. The number of nitrogen functional groups attached to an aromatic ring is 1. The first-order valence-corrected chi connectivity index (χ1v) is 10.7. The molecule has 4 N–H and O–H groups in total. The Balaban J connectivity index is 2.11. The summed E-state index contributed by atoms with van der Waals surface area (Å²) in [6, 6.07) is 15.0. The first-order valence-electron chi connectivity index (χ1n) is 10.3. The van der Waals surface area contributed by atoms with E-state index in [2.05, 4.69) is 15.3 Å². The van der Waals surface area contributed by atoms with Crippen LogP contribution in [0.25, 0.3) is 5.70 Å². The van der Waals surface area contributed by atoms with E-state index < -0.39 is 11.9 Å². The van der Waals surface area contributed by atoms with Gasteiger partial charge in [-0.05, 0) is 30.8 Å². The summed E-state index contributed by atoms with van der Waals surface area (Å²) in [5.41, 5.74) is 9.37. The molecule has 0 aliphatic carbocycles. The molecule has 0 saturated carbocycles. The number of hydrogen-bond donors (Lipinski definition) is 3. The molecule has 0 saturated heterocycles. The van der Waals surface area contributed by atoms with Crippen molar-refractivity contribution in [3.63, 3.8) is 0 Å². The third-order valence-corrected chi connectivity index (χ3v) is 5.59. The van der Waals surface area contributed by atoms with Crippen LogP contribution in [0.4, 0.5) is 11.6 Å². The molecule has 0 radical (unpaired) electrons. The Kier molecular flexibility index (Phi) is 6.32. The maximum atomic E-state index is 13.4. The summed E-state index contributed by atoms with van der Waals surface area (Å²) in [7, 11) is 3.11. The minimum Gasteiger partial charge on any atom is -0.493 e. The topological polar surface area (TPSA) is 111 Å². The minimum atomic E-state index is -0.667. The highest BCUT2D eigenvalue weighted by Crippen LogP contribution is 2.49. The molecule has 8 nitrogen and oxygen atoms in total. The summed E-state index contributed by atoms with van der Waals surface area (Å²) in [4.78, 5) is 20.8. The smallest absolute Gasteiger partial charge is 0.337 e. The van der Waals surface area contributed by atoms with Gasteiger partial charge in [-0.2, -0.15) is 0 Å². The first kappa shape index (κ1) is 22.3. The van der Waals surface area contributed by atoms with E-state index in [4.69, 9.17) is 32.2 Å². The lowest BCUT2D eigenvalue weighted by Crippen LogP contribution is -2.27. The second kappa shape index (κ2) is 9.33. The number of benzene rings is 2. The quantitative estimate of drug-likeness (QED) is 0.366. The molecule has 1 atom stereocenters. The van der Waals surface area contributed by atoms with E-state index >= 15 is 0 Å². The van der Waals surface area contributed by atoms with Gasteiger partial charge in [0.05, 0.1) is 38.0 Å². The summed E-state index contributed by atoms with van der Waals surface area (Å²) < 4.78 is 16.9. The number of anilines is 2. The summed E-state index contributed by atoms with van der Waals surface area (Å²) in [6.45, 7) is 1.98. The molecule has 1 unspecified atom stereocenters. The number of hydrogen-bond acceptors (Lipinski definition) is 8. The molecule has 0 spiro atoms. The van der Waals surface area contributed by atoms with Crippen molar-refractivity contribution in [1.29, 1.82) is 0 Å². The van der Waals surface area contributed by atoms with Crippen molar-refractivity contribution >= 4 is 35.5 Å². The second-order valence-corrected chi connectivity index (χ2v) is 7.62. The van der Waals surface area contributed by atoms with Crippen molar-refractivity contribution in [2.45, 2.75) is 12.8 Å². The van der Waals surface area contributed by atoms with Crippen molar-refractivity contribution in [3.05, 3.63) is 75.6 Å². The minimum absolute atomic E-state index is 0.212. The molecule has 0 amide bonds. The first-order chi connectivity index (χ1) is 16.0. The number of para-hydroxylation sites is 1. The third-order valence-electron chi connectivity index (χ3n) is 5.39. The number of aromatic amines is 1. The lowest BCUT2D eigenvalue weighted by molar-refractivity contribution is -0.138. The van der Waals surface area contributed by atoms with Gasteiger partial charge in [0, 0.05) is 11.1 Å². The van der Waals surface area contributed by atoms with E-state index in [1.807, 2.05) is 42.5 Å². The highest BCUT2D eigenvalue weighted by atomic mass is 32.1. The van der Waals surface area contributed by atoms with Crippen LogP contribution >= 0.6 is 12.2 Å². The molecule has 1 aromatic heterocycles. The van der Waals surface area contributed by atoms with Crippen LogP contribution in [0.3, 0.4) is 0 Å². The molecule has 33 heavy (non-hydrogen) atoms. The van der Waals surface area contributed by atoms with Crippen molar-refractivity contribution in [1.82, 2.24) is 9.97 Å². The zero-order chi connectivity index (χ0) is 23.5. The molecule has 170 valence electrons. The van der Waals surface area contributed by atoms with Gasteiger partial charge in [-0.25, -0.2) is 9.78 Å². The Labute approximate surface area is 196 Å². The van der Waals surface area contributed by atoms with Crippen LogP contribution in [-0.4, -0.2) is 36.8 Å². The van der Waals surface area contributed by atoms with Crippen LogP contribution < -0.4 is 20.5 Å². The van der Waals surface area contributed by atoms with Crippen LogP contribution in [0.5, 0.6) is 11.5 Å². The molecular formula is C24H24N4O4S. The highest BCUT2D eigenvalue weighted by Gasteiger charge is 2.39. The average molecular weight is 465 g/mol. The zero-order valence-electron chi connectivity index (χ0n) is 18.5. The van der Waals surface area contributed by atoms with Crippen LogP contribution in [-0.2, 0) is 9.53 Å². The number of aromatic nitrogens is 2. The molecule has 3 aromatic rings. The number of carbonyl (C=O) groups is 1. The maximum Gasteiger partial charge on any atom is 0.337 e. The van der Waals surface area contributed by atoms with E-state index in [9.17, 15) is 4.79 Å². The Morgan fingerprint density at radius 2 is 1.88 bits per heavy atom. The fourth-order valence-electron chi connectivity index (χ4n) is 4.07. The van der Waals surface area contributed by atoms with Crippen LogP contribution in [0.2, 0.25) is 0 Å². The van der Waals surface area contributed by atoms with Gasteiger partial charge in [-0.1, -0.05) is 42.5 Å². The SMILES string of the molecule is CCOC(=O)C1=C(c2ccccc2)Nc2nc(=S)[nH]c(N)c2C1c1cccc(OC)c1OC. The van der Waals surface area contributed by atoms with E-state index in [0.717, 1.165) is 5.56 Å². The largest absolute Gasteiger partial charge is 0.493 e. The van der Waals surface area contributed by atoms with Crippen molar-refractivity contribution in [2.75, 3.05) is 31.9 Å². The number of methoxy groups -OCH3 is 2. The van der Waals surface area contributed by atoms with Crippen molar-refractivity contribution in [3.8, 4) is 11.5 Å². The number of rotatable bonds is 6. The summed E-state index contributed by atoms with van der Waals surface area (Å²) >= 11 is 5.27. The van der Waals surface area contributed by atoms with Gasteiger partial charge in [-0.15, -0.1) is 0 Å². The standard InChI is InChI=1S/C24H24N4O4S/c1-4-32-23(29)17-16(14-11-8-12-15(30-2)20(14)31-3)18-21(25)27-24(33)28-22(18)26-19(17)13-9-6-5-7-10-13/h5-12,16H,4H2,1-3H3,(H4,25,26,27,28,33). The normalized spacial score (nSPS) is 14.8. The molecule has 4 rings (SSSR count). The number of nitrogens with one attached hydrogen (secondary N) is 2. The van der Waals surface area contributed by atoms with E-state index in [-0.39, 0.29) is 11.4 Å². The molecule has 0 fully saturated rings. The van der Waals surface area contributed by atoms with Gasteiger partial charge in [0.15, 0.2) is 16.3 Å². The Morgan fingerprint density at radius 3 is 2.55 bits per heavy atom. The number of nitrogens with two attached hydrogens (primary N) is 1. The van der Waals surface area contributed by atoms with Crippen LogP contribution in [0, 0.1) is 4.77 Å². The molecule has 2 heterocycles. The van der Waals surface area contributed by atoms with Gasteiger partial charge in [-0.3, -0.25) is 0 Å². The number of carbonyl (C=O) groups excluding carboxylic acids is 1. The number of nitrogens with zero attached hydrogens (tertiary/aromatic N) is 1. The van der Waals surface area contributed by atoms with Gasteiger partial charge in [0.25, 0.3) is 0 Å². The van der Waals surface area contributed by atoms with E-state index in [1.165, 1.54) is 0 Å². The summed E-state index contributed by atoms with van der Waals surface area (Å²) in [5, 5.41) is 3.28.